The second kappa shape index (κ2) is 7.43. The molecule has 0 radical (unpaired) electrons. The molecule has 0 aliphatic carbocycles. The van der Waals surface area contributed by atoms with Gasteiger partial charge in [-0.1, -0.05) is 20.8 Å². The third-order valence-electron chi connectivity index (χ3n) is 3.71. The number of ether oxygens (including phenoxy) is 1. The highest BCUT2D eigenvalue weighted by molar-refractivity contribution is 5.59. The van der Waals surface area contributed by atoms with Crippen LogP contribution in [0.5, 0.6) is 0 Å². The van der Waals surface area contributed by atoms with Gasteiger partial charge in [-0.25, -0.2) is 9.97 Å². The Morgan fingerprint density at radius 3 is 2.90 bits per heavy atom. The Hall–Kier alpha value is -1.36. The smallest absolute Gasteiger partial charge is 0.137 e. The van der Waals surface area contributed by atoms with Gasteiger partial charge < -0.3 is 15.0 Å². The maximum absolute atomic E-state index is 5.75. The molecule has 0 amide bonds. The van der Waals surface area contributed by atoms with E-state index in [2.05, 4.69) is 41.0 Å². The minimum absolute atomic E-state index is 0.315. The molecule has 1 aliphatic heterocycles. The molecule has 2 rings (SSSR count). The lowest BCUT2D eigenvalue weighted by molar-refractivity contribution is 0.0381. The largest absolute Gasteiger partial charge is 0.375 e. The monoisotopic (exact) mass is 278 g/mol. The third-order valence-corrected chi connectivity index (χ3v) is 3.71. The van der Waals surface area contributed by atoms with Crippen LogP contribution in [0, 0.1) is 0 Å². The fraction of sp³-hybridized carbons (Fsp3) is 0.733. The van der Waals surface area contributed by atoms with E-state index in [9.17, 15) is 0 Å². The second-order valence-electron chi connectivity index (χ2n) is 5.15. The first-order chi connectivity index (χ1) is 9.80. The molecule has 0 saturated carbocycles. The van der Waals surface area contributed by atoms with Crippen molar-refractivity contribution in [2.75, 3.05) is 36.5 Å². The molecule has 1 saturated heterocycles. The number of morpholine rings is 1. The highest BCUT2D eigenvalue weighted by Crippen LogP contribution is 2.26. The zero-order valence-corrected chi connectivity index (χ0v) is 12.9. The van der Waals surface area contributed by atoms with Gasteiger partial charge in [0.1, 0.15) is 18.0 Å². The van der Waals surface area contributed by atoms with Crippen molar-refractivity contribution in [1.29, 1.82) is 0 Å². The molecule has 5 heteroatoms. The van der Waals surface area contributed by atoms with Gasteiger partial charge in [-0.2, -0.15) is 0 Å². The zero-order chi connectivity index (χ0) is 14.4. The van der Waals surface area contributed by atoms with E-state index in [-0.39, 0.29) is 0 Å². The van der Waals surface area contributed by atoms with Gasteiger partial charge in [0.2, 0.25) is 0 Å². The van der Waals surface area contributed by atoms with Crippen LogP contribution in [0.4, 0.5) is 11.6 Å². The number of hydrogen-bond acceptors (Lipinski definition) is 5. The summed E-state index contributed by atoms with van der Waals surface area (Å²) in [5.74, 6) is 2.06. The number of anilines is 2. The molecule has 5 nitrogen and oxygen atoms in total. The zero-order valence-electron chi connectivity index (χ0n) is 12.9. The van der Waals surface area contributed by atoms with Crippen LogP contribution in [0.3, 0.4) is 0 Å². The Labute approximate surface area is 121 Å². The van der Waals surface area contributed by atoms with E-state index in [1.54, 1.807) is 6.33 Å². The standard InChI is InChI=1S/C15H26N4O/c1-4-7-16-14-13(6-3)15(18-11-17-14)19-8-9-20-12(5-2)10-19/h11-12H,4-10H2,1-3H3,(H,16,17,18). The van der Waals surface area contributed by atoms with Crippen molar-refractivity contribution in [3.63, 3.8) is 0 Å². The van der Waals surface area contributed by atoms with Crippen LogP contribution < -0.4 is 10.2 Å². The van der Waals surface area contributed by atoms with Crippen molar-refractivity contribution >= 4 is 11.6 Å². The van der Waals surface area contributed by atoms with Gasteiger partial charge in [-0.05, 0) is 19.3 Å². The SMILES string of the molecule is CCCNc1ncnc(N2CCOC(CC)C2)c1CC. The van der Waals surface area contributed by atoms with Crippen LogP contribution in [0.25, 0.3) is 0 Å². The van der Waals surface area contributed by atoms with Crippen LogP contribution in [-0.4, -0.2) is 42.3 Å². The Morgan fingerprint density at radius 2 is 2.20 bits per heavy atom. The van der Waals surface area contributed by atoms with Crippen LogP contribution in [0.15, 0.2) is 6.33 Å². The summed E-state index contributed by atoms with van der Waals surface area (Å²) < 4.78 is 5.75. The molecule has 112 valence electrons. The molecule has 1 aromatic heterocycles. The molecular formula is C15H26N4O. The fourth-order valence-corrected chi connectivity index (χ4v) is 2.56. The number of nitrogens with zero attached hydrogens (tertiary/aromatic N) is 3. The van der Waals surface area contributed by atoms with Gasteiger partial charge in [0.05, 0.1) is 12.7 Å². The van der Waals surface area contributed by atoms with Crippen molar-refractivity contribution in [1.82, 2.24) is 9.97 Å². The van der Waals surface area contributed by atoms with Gasteiger partial charge in [-0.15, -0.1) is 0 Å². The number of hydrogen-bond donors (Lipinski definition) is 1. The molecule has 20 heavy (non-hydrogen) atoms. The Bertz CT molecular complexity index is 424. The third kappa shape index (κ3) is 3.39. The first-order valence-corrected chi connectivity index (χ1v) is 7.74. The summed E-state index contributed by atoms with van der Waals surface area (Å²) in [5.41, 5.74) is 1.22. The molecule has 0 bridgehead atoms. The van der Waals surface area contributed by atoms with Gasteiger partial charge in [-0.3, -0.25) is 0 Å². The van der Waals surface area contributed by atoms with Crippen LogP contribution in [0.1, 0.15) is 39.2 Å². The Morgan fingerprint density at radius 1 is 1.35 bits per heavy atom. The quantitative estimate of drug-likeness (QED) is 0.866. The summed E-state index contributed by atoms with van der Waals surface area (Å²) in [7, 11) is 0. The van der Waals surface area contributed by atoms with E-state index >= 15 is 0 Å². The molecule has 1 aromatic rings. The molecule has 1 aliphatic rings. The first-order valence-electron chi connectivity index (χ1n) is 7.74. The van der Waals surface area contributed by atoms with Gasteiger partial charge in [0.25, 0.3) is 0 Å². The minimum Gasteiger partial charge on any atom is -0.375 e. The number of nitrogens with one attached hydrogen (secondary N) is 1. The van der Waals surface area contributed by atoms with Crippen LogP contribution in [-0.2, 0) is 11.2 Å². The fourth-order valence-electron chi connectivity index (χ4n) is 2.56. The number of rotatable bonds is 6. The lowest BCUT2D eigenvalue weighted by Gasteiger charge is -2.34. The molecule has 0 spiro atoms. The second-order valence-corrected chi connectivity index (χ2v) is 5.15. The normalized spacial score (nSPS) is 19.1. The maximum atomic E-state index is 5.75. The van der Waals surface area contributed by atoms with Gasteiger partial charge >= 0.3 is 0 Å². The Kier molecular flexibility index (Phi) is 5.59. The predicted octanol–water partition coefficient (Wildman–Crippen LogP) is 2.48. The van der Waals surface area contributed by atoms with E-state index in [0.29, 0.717) is 6.10 Å². The molecule has 1 N–H and O–H groups in total. The molecule has 1 atom stereocenters. The summed E-state index contributed by atoms with van der Waals surface area (Å²) in [5, 5.41) is 3.41. The average Bonchev–Trinajstić information content (AvgIpc) is 2.52. The van der Waals surface area contributed by atoms with Crippen LogP contribution in [0.2, 0.25) is 0 Å². The van der Waals surface area contributed by atoms with Crippen LogP contribution >= 0.6 is 0 Å². The molecule has 1 fully saturated rings. The van der Waals surface area contributed by atoms with Crippen molar-refractivity contribution in [3.8, 4) is 0 Å². The molecule has 2 heterocycles. The highest BCUT2D eigenvalue weighted by atomic mass is 16.5. The summed E-state index contributed by atoms with van der Waals surface area (Å²) in [6.45, 7) is 10.1. The topological polar surface area (TPSA) is 50.3 Å². The van der Waals surface area contributed by atoms with E-state index in [4.69, 9.17) is 4.74 Å². The van der Waals surface area contributed by atoms with Gasteiger partial charge in [0, 0.05) is 25.2 Å². The summed E-state index contributed by atoms with van der Waals surface area (Å²) in [6, 6.07) is 0. The first kappa shape index (κ1) is 15.0. The summed E-state index contributed by atoms with van der Waals surface area (Å²) >= 11 is 0. The van der Waals surface area contributed by atoms with Crippen molar-refractivity contribution < 1.29 is 4.74 Å². The lowest BCUT2D eigenvalue weighted by atomic mass is 10.1. The minimum atomic E-state index is 0.315. The van der Waals surface area contributed by atoms with Crippen molar-refractivity contribution in [2.45, 2.75) is 46.1 Å². The maximum Gasteiger partial charge on any atom is 0.137 e. The molecular weight excluding hydrogens is 252 g/mol. The predicted molar refractivity (Wildman–Crippen MR) is 82.4 cm³/mol. The Balaban J connectivity index is 2.21. The van der Waals surface area contributed by atoms with E-state index in [1.165, 1.54) is 5.56 Å². The molecule has 1 unspecified atom stereocenters. The number of aromatic nitrogens is 2. The van der Waals surface area contributed by atoms with E-state index in [1.807, 2.05) is 0 Å². The van der Waals surface area contributed by atoms with E-state index < -0.39 is 0 Å². The van der Waals surface area contributed by atoms with Gasteiger partial charge in [0.15, 0.2) is 0 Å². The van der Waals surface area contributed by atoms with E-state index in [0.717, 1.165) is 57.1 Å². The van der Waals surface area contributed by atoms with Crippen molar-refractivity contribution in [2.24, 2.45) is 0 Å². The highest BCUT2D eigenvalue weighted by Gasteiger charge is 2.23. The average molecular weight is 278 g/mol. The summed E-state index contributed by atoms with van der Waals surface area (Å²) in [4.78, 5) is 11.3. The molecule has 0 aromatic carbocycles. The lowest BCUT2D eigenvalue weighted by Crippen LogP contribution is -2.43. The van der Waals surface area contributed by atoms with Crippen molar-refractivity contribution in [3.05, 3.63) is 11.9 Å². The summed E-state index contributed by atoms with van der Waals surface area (Å²) in [6.07, 6.45) is 5.07.